The number of furan rings is 1. The molecule has 2 aromatic carbocycles. The van der Waals surface area contributed by atoms with Crippen LogP contribution < -0.4 is 0 Å². The summed E-state index contributed by atoms with van der Waals surface area (Å²) in [4.78, 5) is 32.4. The molecule has 1 amide bonds. The summed E-state index contributed by atoms with van der Waals surface area (Å²) in [5.41, 5.74) is 3.80. The van der Waals surface area contributed by atoms with Crippen LogP contribution in [-0.4, -0.2) is 33.1 Å². The monoisotopic (exact) mass is 534 g/mol. The molecule has 3 aromatic rings. The molecule has 0 spiro atoms. The molecule has 0 bridgehead atoms. The molecule has 1 aromatic heterocycles. The Morgan fingerprint density at radius 2 is 1.86 bits per heavy atom. The van der Waals surface area contributed by atoms with E-state index < -0.39 is 5.97 Å². The molecule has 37 heavy (non-hydrogen) atoms. The van der Waals surface area contributed by atoms with Gasteiger partial charge in [-0.1, -0.05) is 36.9 Å². The van der Waals surface area contributed by atoms with Crippen LogP contribution in [0, 0.1) is 13.8 Å². The summed E-state index contributed by atoms with van der Waals surface area (Å²) in [6.07, 6.45) is 7.09. The molecular formula is C29H27ClN2O4S. The lowest BCUT2D eigenvalue weighted by atomic mass is 9.94. The minimum absolute atomic E-state index is 0.00678. The van der Waals surface area contributed by atoms with E-state index in [-0.39, 0.29) is 22.5 Å². The van der Waals surface area contributed by atoms with E-state index in [0.717, 1.165) is 36.9 Å². The number of nitrogens with zero attached hydrogens (tertiary/aromatic N) is 2. The fraction of sp³-hybridized carbons (Fsp3) is 0.276. The number of amides is 1. The van der Waals surface area contributed by atoms with Gasteiger partial charge in [-0.05, 0) is 92.0 Å². The first-order chi connectivity index (χ1) is 17.8. The van der Waals surface area contributed by atoms with E-state index in [2.05, 4.69) is 19.9 Å². The Balaban J connectivity index is 1.47. The normalized spacial score (nSPS) is 18.8. The molecule has 1 aliphatic carbocycles. The van der Waals surface area contributed by atoms with Crippen molar-refractivity contribution in [3.8, 4) is 11.3 Å². The maximum atomic E-state index is 13.6. The van der Waals surface area contributed by atoms with Gasteiger partial charge < -0.3 is 9.52 Å². The number of benzene rings is 2. The van der Waals surface area contributed by atoms with Crippen LogP contribution in [0.4, 0.5) is 5.69 Å². The van der Waals surface area contributed by atoms with Gasteiger partial charge in [-0.2, -0.15) is 0 Å². The summed E-state index contributed by atoms with van der Waals surface area (Å²) in [5, 5.41) is 10.2. The number of aryl methyl sites for hydroxylation is 2. The van der Waals surface area contributed by atoms with Crippen molar-refractivity contribution in [3.63, 3.8) is 0 Å². The number of aromatic carboxylic acids is 1. The van der Waals surface area contributed by atoms with Crippen molar-refractivity contribution >= 4 is 52.2 Å². The molecule has 0 atom stereocenters. The van der Waals surface area contributed by atoms with Gasteiger partial charge in [0, 0.05) is 17.7 Å². The van der Waals surface area contributed by atoms with Gasteiger partial charge in [0.05, 0.1) is 21.2 Å². The Kier molecular flexibility index (Phi) is 7.26. The van der Waals surface area contributed by atoms with Gasteiger partial charge in [0.1, 0.15) is 11.5 Å². The van der Waals surface area contributed by atoms with Gasteiger partial charge in [-0.15, -0.1) is 0 Å². The SMILES string of the molecule is Cc1ccc(N=C2S/C(=C\c3ccc(-c4ccc(Cl)c(C(=O)O)c4)o3)C(=O)N2C2CCCCC2)cc1C. The summed E-state index contributed by atoms with van der Waals surface area (Å²) in [7, 11) is 0. The van der Waals surface area contributed by atoms with Crippen molar-refractivity contribution in [1.29, 1.82) is 0 Å². The topological polar surface area (TPSA) is 83.1 Å². The van der Waals surface area contributed by atoms with Gasteiger partial charge in [-0.25, -0.2) is 9.79 Å². The second-order valence-electron chi connectivity index (χ2n) is 9.44. The number of carboxylic acid groups (broad SMARTS) is 1. The van der Waals surface area contributed by atoms with Crippen LogP contribution in [0.2, 0.25) is 5.02 Å². The lowest BCUT2D eigenvalue weighted by molar-refractivity contribution is -0.124. The number of hydrogen-bond donors (Lipinski definition) is 1. The number of amidine groups is 1. The molecular weight excluding hydrogens is 508 g/mol. The van der Waals surface area contributed by atoms with Crippen LogP contribution >= 0.6 is 23.4 Å². The van der Waals surface area contributed by atoms with Crippen LogP contribution in [0.15, 0.2) is 62.8 Å². The second kappa shape index (κ2) is 10.6. The molecule has 1 aliphatic heterocycles. The highest BCUT2D eigenvalue weighted by molar-refractivity contribution is 8.18. The van der Waals surface area contributed by atoms with Crippen molar-refractivity contribution in [3.05, 3.63) is 80.9 Å². The maximum Gasteiger partial charge on any atom is 0.337 e. The first-order valence-electron chi connectivity index (χ1n) is 12.3. The Morgan fingerprint density at radius 3 is 2.59 bits per heavy atom. The van der Waals surface area contributed by atoms with E-state index >= 15 is 0 Å². The summed E-state index contributed by atoms with van der Waals surface area (Å²) in [6.45, 7) is 4.13. The predicted octanol–water partition coefficient (Wildman–Crippen LogP) is 7.85. The van der Waals surface area contributed by atoms with Crippen LogP contribution in [0.25, 0.3) is 17.4 Å². The zero-order valence-electron chi connectivity index (χ0n) is 20.7. The molecule has 2 heterocycles. The molecule has 6 nitrogen and oxygen atoms in total. The molecule has 2 aliphatic rings. The van der Waals surface area contributed by atoms with Crippen molar-refractivity contribution in [2.75, 3.05) is 0 Å². The number of hydrogen-bond acceptors (Lipinski definition) is 5. The first kappa shape index (κ1) is 25.4. The molecule has 0 unspecified atom stereocenters. The number of aliphatic imine (C=N–C) groups is 1. The minimum Gasteiger partial charge on any atom is -0.478 e. The van der Waals surface area contributed by atoms with E-state index in [1.54, 1.807) is 24.3 Å². The molecule has 190 valence electrons. The van der Waals surface area contributed by atoms with Crippen LogP contribution in [0.5, 0.6) is 0 Å². The number of carboxylic acids is 1. The Bertz CT molecular complexity index is 1440. The Hall–Kier alpha value is -3.29. The first-order valence-corrected chi connectivity index (χ1v) is 13.5. The van der Waals surface area contributed by atoms with Crippen molar-refractivity contribution < 1.29 is 19.1 Å². The average molecular weight is 535 g/mol. The third-order valence-electron chi connectivity index (χ3n) is 6.87. The molecule has 1 saturated heterocycles. The van der Waals surface area contributed by atoms with Crippen molar-refractivity contribution in [1.82, 2.24) is 4.90 Å². The fourth-order valence-electron chi connectivity index (χ4n) is 4.69. The Morgan fingerprint density at radius 1 is 1.08 bits per heavy atom. The molecule has 8 heteroatoms. The lowest BCUT2D eigenvalue weighted by Crippen LogP contribution is -2.40. The predicted molar refractivity (Wildman–Crippen MR) is 148 cm³/mol. The summed E-state index contributed by atoms with van der Waals surface area (Å²) in [5.74, 6) is -0.160. The molecule has 1 saturated carbocycles. The van der Waals surface area contributed by atoms with Gasteiger partial charge in [-0.3, -0.25) is 9.69 Å². The average Bonchev–Trinajstić information content (AvgIpc) is 3.46. The van der Waals surface area contributed by atoms with E-state index in [0.29, 0.717) is 27.2 Å². The summed E-state index contributed by atoms with van der Waals surface area (Å²) >= 11 is 7.37. The van der Waals surface area contributed by atoms with Crippen LogP contribution in [0.1, 0.15) is 59.3 Å². The number of rotatable bonds is 5. The number of carbonyl (C=O) groups is 2. The summed E-state index contributed by atoms with van der Waals surface area (Å²) in [6, 6.07) is 14.5. The smallest absolute Gasteiger partial charge is 0.337 e. The fourth-order valence-corrected chi connectivity index (χ4v) is 5.93. The summed E-state index contributed by atoms with van der Waals surface area (Å²) < 4.78 is 5.98. The number of halogens is 1. The highest BCUT2D eigenvalue weighted by Crippen LogP contribution is 2.39. The van der Waals surface area contributed by atoms with E-state index in [4.69, 9.17) is 21.0 Å². The Labute approximate surface area is 225 Å². The lowest BCUT2D eigenvalue weighted by Gasteiger charge is -2.30. The van der Waals surface area contributed by atoms with Gasteiger partial charge >= 0.3 is 5.97 Å². The number of thioether (sulfide) groups is 1. The van der Waals surface area contributed by atoms with Crippen LogP contribution in [-0.2, 0) is 4.79 Å². The second-order valence-corrected chi connectivity index (χ2v) is 10.9. The van der Waals surface area contributed by atoms with E-state index in [1.807, 2.05) is 17.0 Å². The van der Waals surface area contributed by atoms with Gasteiger partial charge in [0.15, 0.2) is 5.17 Å². The number of carbonyl (C=O) groups excluding carboxylic acids is 1. The van der Waals surface area contributed by atoms with Gasteiger partial charge in [0.2, 0.25) is 0 Å². The molecule has 5 rings (SSSR count). The quantitative estimate of drug-likeness (QED) is 0.337. The molecule has 2 fully saturated rings. The van der Waals surface area contributed by atoms with Crippen molar-refractivity contribution in [2.24, 2.45) is 4.99 Å². The van der Waals surface area contributed by atoms with Gasteiger partial charge in [0.25, 0.3) is 5.91 Å². The molecule has 1 N–H and O–H groups in total. The maximum absolute atomic E-state index is 13.6. The zero-order chi connectivity index (χ0) is 26.1. The minimum atomic E-state index is -1.10. The standard InChI is InChI=1S/C29H27ClN2O4S/c1-17-8-10-20(14-18(17)2)31-29-32(21-6-4-3-5-7-21)27(33)26(37-29)16-22-11-13-25(36-22)19-9-12-24(30)23(15-19)28(34)35/h8-16,21H,3-7H2,1-2H3,(H,34,35)/b26-16-,31-29?. The molecule has 0 radical (unpaired) electrons. The van der Waals surface area contributed by atoms with Crippen LogP contribution in [0.3, 0.4) is 0 Å². The zero-order valence-corrected chi connectivity index (χ0v) is 22.2. The van der Waals surface area contributed by atoms with Crippen molar-refractivity contribution in [2.45, 2.75) is 52.0 Å². The third-order valence-corrected chi connectivity index (χ3v) is 8.19. The van der Waals surface area contributed by atoms with E-state index in [1.165, 1.54) is 35.9 Å². The van der Waals surface area contributed by atoms with E-state index in [9.17, 15) is 14.7 Å². The third kappa shape index (κ3) is 5.38. The highest BCUT2D eigenvalue weighted by Gasteiger charge is 2.39. The largest absolute Gasteiger partial charge is 0.478 e. The highest BCUT2D eigenvalue weighted by atomic mass is 35.5.